The van der Waals surface area contributed by atoms with Crippen molar-refractivity contribution in [3.8, 4) is 12.3 Å². The maximum Gasteiger partial charge on any atom is 0.00607 e. The number of hydrogen-bond donors (Lipinski definition) is 0. The Bertz CT molecular complexity index is 135. The van der Waals surface area contributed by atoms with Crippen molar-refractivity contribution < 1.29 is 0 Å². The smallest absolute Gasteiger partial charge is 0.00607 e. The predicted molar refractivity (Wildman–Crippen MR) is 37.3 cm³/mol. The van der Waals surface area contributed by atoms with Crippen molar-refractivity contribution >= 4 is 0 Å². The van der Waals surface area contributed by atoms with Gasteiger partial charge in [-0.1, -0.05) is 25.5 Å². The standard InChI is InChI=1S/C8H10/c1-5-7(3)8(4)6-2/h1,6,8H,2-3H2,4H3. The van der Waals surface area contributed by atoms with Gasteiger partial charge in [0.1, 0.15) is 0 Å². The van der Waals surface area contributed by atoms with Crippen molar-refractivity contribution in [2.75, 3.05) is 0 Å². The molecule has 0 aliphatic carbocycles. The molecule has 0 saturated heterocycles. The zero-order chi connectivity index (χ0) is 6.57. The van der Waals surface area contributed by atoms with Crippen LogP contribution in [0.25, 0.3) is 0 Å². The number of rotatable bonds is 2. The van der Waals surface area contributed by atoms with Crippen LogP contribution in [0.15, 0.2) is 24.8 Å². The minimum absolute atomic E-state index is 0.250. The summed E-state index contributed by atoms with van der Waals surface area (Å²) in [5, 5.41) is 0. The zero-order valence-electron chi connectivity index (χ0n) is 5.15. The van der Waals surface area contributed by atoms with Crippen molar-refractivity contribution in [2.45, 2.75) is 6.92 Å². The number of hydrogen-bond acceptors (Lipinski definition) is 0. The van der Waals surface area contributed by atoms with E-state index in [9.17, 15) is 0 Å². The van der Waals surface area contributed by atoms with Gasteiger partial charge in [0, 0.05) is 11.5 Å². The lowest BCUT2D eigenvalue weighted by atomic mass is 10.0. The maximum absolute atomic E-state index is 5.05. The molecule has 0 radical (unpaired) electrons. The van der Waals surface area contributed by atoms with E-state index in [0.717, 1.165) is 5.57 Å². The van der Waals surface area contributed by atoms with E-state index in [0.29, 0.717) is 0 Å². The van der Waals surface area contributed by atoms with Crippen molar-refractivity contribution in [1.29, 1.82) is 0 Å². The highest BCUT2D eigenvalue weighted by Crippen LogP contribution is 2.05. The molecule has 0 aliphatic heterocycles. The first-order valence-corrected chi connectivity index (χ1v) is 2.50. The third-order valence-electron chi connectivity index (χ3n) is 1.09. The minimum Gasteiger partial charge on any atom is -0.115 e. The van der Waals surface area contributed by atoms with E-state index >= 15 is 0 Å². The van der Waals surface area contributed by atoms with Gasteiger partial charge in [-0.25, -0.2) is 0 Å². The summed E-state index contributed by atoms with van der Waals surface area (Å²) in [6.45, 7) is 9.18. The maximum atomic E-state index is 5.05. The second kappa shape index (κ2) is 3.10. The lowest BCUT2D eigenvalue weighted by Gasteiger charge is -1.99. The van der Waals surface area contributed by atoms with Gasteiger partial charge in [-0.2, -0.15) is 0 Å². The Labute approximate surface area is 50.9 Å². The summed E-state index contributed by atoms with van der Waals surface area (Å²) in [6, 6.07) is 0. The second-order valence-electron chi connectivity index (χ2n) is 1.69. The third kappa shape index (κ3) is 1.66. The first kappa shape index (κ1) is 7.04. The molecule has 0 aromatic rings. The molecule has 0 aromatic heterocycles. The third-order valence-corrected chi connectivity index (χ3v) is 1.09. The molecule has 0 rings (SSSR count). The fourth-order valence-corrected chi connectivity index (χ4v) is 0.274. The van der Waals surface area contributed by atoms with Crippen LogP contribution in [0.4, 0.5) is 0 Å². The fraction of sp³-hybridized carbons (Fsp3) is 0.250. The highest BCUT2D eigenvalue weighted by atomic mass is 14.0. The van der Waals surface area contributed by atoms with Gasteiger partial charge >= 0.3 is 0 Å². The first-order chi connectivity index (χ1) is 3.72. The van der Waals surface area contributed by atoms with Gasteiger partial charge in [0.25, 0.3) is 0 Å². The second-order valence-corrected chi connectivity index (χ2v) is 1.69. The molecule has 0 aliphatic rings. The SMILES string of the molecule is C#CC(=C)C(C)C=C. The summed E-state index contributed by atoms with van der Waals surface area (Å²) in [5.41, 5.74) is 0.792. The zero-order valence-corrected chi connectivity index (χ0v) is 5.15. The van der Waals surface area contributed by atoms with Gasteiger partial charge in [-0.05, 0) is 0 Å². The van der Waals surface area contributed by atoms with Crippen LogP contribution < -0.4 is 0 Å². The Balaban J connectivity index is 3.86. The van der Waals surface area contributed by atoms with Crippen LogP contribution in [-0.2, 0) is 0 Å². The van der Waals surface area contributed by atoms with E-state index in [1.54, 1.807) is 6.08 Å². The van der Waals surface area contributed by atoms with Gasteiger partial charge in [-0.3, -0.25) is 0 Å². The molecule has 0 spiro atoms. The van der Waals surface area contributed by atoms with E-state index in [1.165, 1.54) is 0 Å². The Morgan fingerprint density at radius 1 is 1.88 bits per heavy atom. The highest BCUT2D eigenvalue weighted by molar-refractivity contribution is 5.26. The molecule has 0 heteroatoms. The summed E-state index contributed by atoms with van der Waals surface area (Å²) in [7, 11) is 0. The van der Waals surface area contributed by atoms with Crippen molar-refractivity contribution in [3.05, 3.63) is 24.8 Å². The van der Waals surface area contributed by atoms with Crippen molar-refractivity contribution in [3.63, 3.8) is 0 Å². The Kier molecular flexibility index (Phi) is 2.72. The molecule has 0 heterocycles. The molecule has 0 nitrogen and oxygen atoms in total. The molecule has 1 unspecified atom stereocenters. The van der Waals surface area contributed by atoms with E-state index in [2.05, 4.69) is 19.1 Å². The number of terminal acetylenes is 1. The lowest BCUT2D eigenvalue weighted by Crippen LogP contribution is -1.88. The molecule has 0 bridgehead atoms. The van der Waals surface area contributed by atoms with Crippen molar-refractivity contribution in [1.82, 2.24) is 0 Å². The van der Waals surface area contributed by atoms with Gasteiger partial charge in [0.15, 0.2) is 0 Å². The van der Waals surface area contributed by atoms with Crippen LogP contribution in [0, 0.1) is 18.3 Å². The topological polar surface area (TPSA) is 0 Å². The predicted octanol–water partition coefficient (Wildman–Crippen LogP) is 2.00. The van der Waals surface area contributed by atoms with E-state index in [4.69, 9.17) is 6.42 Å². The van der Waals surface area contributed by atoms with Gasteiger partial charge in [0.2, 0.25) is 0 Å². The molecule has 0 amide bonds. The van der Waals surface area contributed by atoms with Crippen LogP contribution in [0.5, 0.6) is 0 Å². The molecule has 0 saturated carbocycles. The van der Waals surface area contributed by atoms with Crippen LogP contribution in [0.3, 0.4) is 0 Å². The summed E-state index contributed by atoms with van der Waals surface area (Å²) in [6.07, 6.45) is 6.83. The highest BCUT2D eigenvalue weighted by Gasteiger charge is 1.94. The Morgan fingerprint density at radius 3 is 2.50 bits per heavy atom. The summed E-state index contributed by atoms with van der Waals surface area (Å²) in [5.74, 6) is 2.70. The van der Waals surface area contributed by atoms with Gasteiger partial charge in [0.05, 0.1) is 0 Å². The van der Waals surface area contributed by atoms with Crippen LogP contribution >= 0.6 is 0 Å². The monoisotopic (exact) mass is 106 g/mol. The molecule has 0 aromatic carbocycles. The molecule has 42 valence electrons. The minimum atomic E-state index is 0.250. The average molecular weight is 106 g/mol. The largest absolute Gasteiger partial charge is 0.115 e. The Morgan fingerprint density at radius 2 is 2.38 bits per heavy atom. The molecule has 0 N–H and O–H groups in total. The van der Waals surface area contributed by atoms with Crippen molar-refractivity contribution in [2.24, 2.45) is 5.92 Å². The average Bonchev–Trinajstić information content (AvgIpc) is 1.84. The van der Waals surface area contributed by atoms with E-state index in [1.807, 2.05) is 6.92 Å². The molecular formula is C8H10. The van der Waals surface area contributed by atoms with Crippen LogP contribution in [0.1, 0.15) is 6.92 Å². The summed E-state index contributed by atoms with van der Waals surface area (Å²) >= 11 is 0. The molecule has 1 atom stereocenters. The van der Waals surface area contributed by atoms with Gasteiger partial charge in [-0.15, -0.1) is 13.0 Å². The fourth-order valence-electron chi connectivity index (χ4n) is 0.274. The van der Waals surface area contributed by atoms with Crippen LogP contribution in [0.2, 0.25) is 0 Å². The summed E-state index contributed by atoms with van der Waals surface area (Å²) in [4.78, 5) is 0. The normalized spacial score (nSPS) is 11.5. The van der Waals surface area contributed by atoms with E-state index in [-0.39, 0.29) is 5.92 Å². The molecule has 0 fully saturated rings. The molecule has 8 heavy (non-hydrogen) atoms. The first-order valence-electron chi connectivity index (χ1n) is 2.50. The van der Waals surface area contributed by atoms with Gasteiger partial charge < -0.3 is 0 Å². The Hall–Kier alpha value is -0.960. The lowest BCUT2D eigenvalue weighted by molar-refractivity contribution is 0.908. The summed E-state index contributed by atoms with van der Waals surface area (Å²) < 4.78 is 0. The quantitative estimate of drug-likeness (QED) is 0.373. The number of allylic oxidation sites excluding steroid dienone is 2. The van der Waals surface area contributed by atoms with E-state index < -0.39 is 0 Å². The van der Waals surface area contributed by atoms with Crippen LogP contribution in [-0.4, -0.2) is 0 Å². The molecular weight excluding hydrogens is 96.1 g/mol.